The Labute approximate surface area is 150 Å². The van der Waals surface area contributed by atoms with Crippen LogP contribution >= 0.6 is 0 Å². The van der Waals surface area contributed by atoms with Gasteiger partial charge in [-0.3, -0.25) is 19.7 Å². The van der Waals surface area contributed by atoms with E-state index < -0.39 is 17.7 Å². The van der Waals surface area contributed by atoms with Crippen molar-refractivity contribution in [2.45, 2.75) is 0 Å². The van der Waals surface area contributed by atoms with Crippen molar-refractivity contribution in [1.82, 2.24) is 10.6 Å². The quantitative estimate of drug-likeness (QED) is 0.398. The minimum absolute atomic E-state index is 0.105. The lowest BCUT2D eigenvalue weighted by molar-refractivity contribution is -0.138. The highest BCUT2D eigenvalue weighted by Gasteiger charge is 2.17. The van der Waals surface area contributed by atoms with Crippen molar-refractivity contribution in [2.24, 2.45) is 0 Å². The average molecular weight is 357 g/mol. The number of imide groups is 1. The van der Waals surface area contributed by atoms with Crippen LogP contribution in [0.4, 0.5) is 5.69 Å². The lowest BCUT2D eigenvalue weighted by Gasteiger charge is -2.08. The SMILES string of the molecule is COc1ccc(OCCNC(=O)C(=O)NC(=O)c2ccc(N)cc2)cc1. The van der Waals surface area contributed by atoms with Gasteiger partial charge in [-0.1, -0.05) is 0 Å². The third-order valence-electron chi connectivity index (χ3n) is 3.32. The van der Waals surface area contributed by atoms with Crippen molar-refractivity contribution in [2.75, 3.05) is 26.0 Å². The molecule has 2 aromatic rings. The molecule has 0 saturated carbocycles. The van der Waals surface area contributed by atoms with Gasteiger partial charge in [-0.2, -0.15) is 0 Å². The largest absolute Gasteiger partial charge is 0.497 e. The van der Waals surface area contributed by atoms with Gasteiger partial charge in [0.25, 0.3) is 5.91 Å². The van der Waals surface area contributed by atoms with Gasteiger partial charge < -0.3 is 20.5 Å². The molecular weight excluding hydrogens is 338 g/mol. The number of nitrogens with two attached hydrogens (primary N) is 1. The van der Waals surface area contributed by atoms with Gasteiger partial charge in [0.05, 0.1) is 13.7 Å². The van der Waals surface area contributed by atoms with Gasteiger partial charge in [0.1, 0.15) is 18.1 Å². The second-order valence-corrected chi connectivity index (χ2v) is 5.19. The van der Waals surface area contributed by atoms with E-state index >= 15 is 0 Å². The summed E-state index contributed by atoms with van der Waals surface area (Å²) < 4.78 is 10.4. The average Bonchev–Trinajstić information content (AvgIpc) is 2.66. The van der Waals surface area contributed by atoms with Crippen LogP contribution in [0.5, 0.6) is 11.5 Å². The third-order valence-corrected chi connectivity index (χ3v) is 3.32. The number of carbonyl (C=O) groups is 3. The number of carbonyl (C=O) groups excluding carboxylic acids is 3. The number of methoxy groups -OCH3 is 1. The van der Waals surface area contributed by atoms with Crippen LogP contribution in [-0.2, 0) is 9.59 Å². The molecule has 0 radical (unpaired) electrons. The highest BCUT2D eigenvalue weighted by molar-refractivity contribution is 6.38. The summed E-state index contributed by atoms with van der Waals surface area (Å²) in [6.07, 6.45) is 0. The van der Waals surface area contributed by atoms with Crippen molar-refractivity contribution in [3.63, 3.8) is 0 Å². The van der Waals surface area contributed by atoms with Crippen LogP contribution in [0.25, 0.3) is 0 Å². The molecule has 0 unspecified atom stereocenters. The minimum atomic E-state index is -1.05. The molecule has 26 heavy (non-hydrogen) atoms. The summed E-state index contributed by atoms with van der Waals surface area (Å²) in [4.78, 5) is 35.2. The highest BCUT2D eigenvalue weighted by Crippen LogP contribution is 2.16. The normalized spacial score (nSPS) is 9.88. The molecule has 136 valence electrons. The van der Waals surface area contributed by atoms with Crippen molar-refractivity contribution < 1.29 is 23.9 Å². The lowest BCUT2D eigenvalue weighted by atomic mass is 10.2. The van der Waals surface area contributed by atoms with Gasteiger partial charge in [-0.15, -0.1) is 0 Å². The predicted octanol–water partition coefficient (Wildman–Crippen LogP) is 0.729. The van der Waals surface area contributed by atoms with Crippen molar-refractivity contribution in [3.05, 3.63) is 54.1 Å². The number of nitrogen functional groups attached to an aromatic ring is 1. The summed E-state index contributed by atoms with van der Waals surface area (Å²) in [6.45, 7) is 0.269. The number of amides is 3. The molecule has 2 aromatic carbocycles. The minimum Gasteiger partial charge on any atom is -0.497 e. The van der Waals surface area contributed by atoms with Crippen LogP contribution in [0, 0.1) is 0 Å². The van der Waals surface area contributed by atoms with Gasteiger partial charge in [0.15, 0.2) is 0 Å². The standard InChI is InChI=1S/C18H19N3O5/c1-25-14-6-8-15(9-7-14)26-11-10-20-17(23)18(24)21-16(22)12-2-4-13(19)5-3-12/h2-9H,10-11,19H2,1H3,(H,20,23)(H,21,22,24). The van der Waals surface area contributed by atoms with E-state index in [4.69, 9.17) is 15.2 Å². The summed E-state index contributed by atoms with van der Waals surface area (Å²) in [6, 6.07) is 12.9. The second-order valence-electron chi connectivity index (χ2n) is 5.19. The van der Waals surface area contributed by atoms with Crippen molar-refractivity contribution in [3.8, 4) is 11.5 Å². The van der Waals surface area contributed by atoms with Gasteiger partial charge >= 0.3 is 11.8 Å². The molecule has 0 saturated heterocycles. The fraction of sp³-hybridized carbons (Fsp3) is 0.167. The maximum atomic E-state index is 11.9. The summed E-state index contributed by atoms with van der Waals surface area (Å²) in [5, 5.41) is 4.37. The summed E-state index contributed by atoms with van der Waals surface area (Å²) in [5.74, 6) is -1.35. The number of anilines is 1. The van der Waals surface area contributed by atoms with E-state index in [1.165, 1.54) is 24.3 Å². The molecular formula is C18H19N3O5. The Balaban J connectivity index is 1.72. The number of hydrogen-bond acceptors (Lipinski definition) is 6. The van der Waals surface area contributed by atoms with Crippen molar-refractivity contribution in [1.29, 1.82) is 0 Å². The molecule has 0 heterocycles. The molecule has 3 amide bonds. The van der Waals surface area contributed by atoms with E-state index in [0.717, 1.165) is 0 Å². The monoisotopic (exact) mass is 357 g/mol. The Bertz CT molecular complexity index is 772. The number of rotatable bonds is 6. The zero-order valence-electron chi connectivity index (χ0n) is 14.2. The topological polar surface area (TPSA) is 120 Å². The van der Waals surface area contributed by atoms with Gasteiger partial charge in [0, 0.05) is 11.3 Å². The summed E-state index contributed by atoms with van der Waals surface area (Å²) >= 11 is 0. The van der Waals surface area contributed by atoms with E-state index in [0.29, 0.717) is 17.2 Å². The Kier molecular flexibility index (Phi) is 6.55. The van der Waals surface area contributed by atoms with Crippen LogP contribution in [0.2, 0.25) is 0 Å². The maximum absolute atomic E-state index is 11.9. The first-order valence-electron chi connectivity index (χ1n) is 7.75. The Morgan fingerprint density at radius 2 is 1.54 bits per heavy atom. The van der Waals surface area contributed by atoms with Gasteiger partial charge in [-0.25, -0.2) is 0 Å². The van der Waals surface area contributed by atoms with E-state index in [-0.39, 0.29) is 18.7 Å². The van der Waals surface area contributed by atoms with Gasteiger partial charge in [-0.05, 0) is 48.5 Å². The van der Waals surface area contributed by atoms with E-state index in [9.17, 15) is 14.4 Å². The molecule has 0 aliphatic carbocycles. The zero-order valence-corrected chi connectivity index (χ0v) is 14.2. The number of benzene rings is 2. The lowest BCUT2D eigenvalue weighted by Crippen LogP contribution is -2.43. The van der Waals surface area contributed by atoms with Crippen LogP contribution in [-0.4, -0.2) is 38.0 Å². The first kappa shape index (κ1) is 18.8. The first-order chi connectivity index (χ1) is 12.5. The molecule has 0 spiro atoms. The van der Waals surface area contributed by atoms with Crippen molar-refractivity contribution >= 4 is 23.4 Å². The molecule has 8 heteroatoms. The molecule has 2 rings (SSSR count). The summed E-state index contributed by atoms with van der Waals surface area (Å²) in [5.41, 5.74) is 6.23. The van der Waals surface area contributed by atoms with E-state index in [1.807, 2.05) is 5.32 Å². The molecule has 0 bridgehead atoms. The molecule has 0 fully saturated rings. The number of nitrogens with one attached hydrogen (secondary N) is 2. The molecule has 8 nitrogen and oxygen atoms in total. The zero-order chi connectivity index (χ0) is 18.9. The fourth-order valence-corrected chi connectivity index (χ4v) is 1.95. The van der Waals surface area contributed by atoms with Crippen LogP contribution in [0.3, 0.4) is 0 Å². The van der Waals surface area contributed by atoms with Crippen LogP contribution < -0.4 is 25.8 Å². The Morgan fingerprint density at radius 3 is 2.15 bits per heavy atom. The first-order valence-corrected chi connectivity index (χ1v) is 7.75. The maximum Gasteiger partial charge on any atom is 0.316 e. The number of hydrogen-bond donors (Lipinski definition) is 3. The van der Waals surface area contributed by atoms with E-state index in [2.05, 4.69) is 5.32 Å². The second kappa shape index (κ2) is 9.07. The smallest absolute Gasteiger partial charge is 0.316 e. The Morgan fingerprint density at radius 1 is 0.923 bits per heavy atom. The molecule has 4 N–H and O–H groups in total. The molecule has 0 aliphatic heterocycles. The predicted molar refractivity (Wildman–Crippen MR) is 94.8 cm³/mol. The molecule has 0 aromatic heterocycles. The fourth-order valence-electron chi connectivity index (χ4n) is 1.95. The molecule has 0 atom stereocenters. The van der Waals surface area contributed by atoms with Crippen LogP contribution in [0.1, 0.15) is 10.4 Å². The highest BCUT2D eigenvalue weighted by atomic mass is 16.5. The van der Waals surface area contributed by atoms with Crippen LogP contribution in [0.15, 0.2) is 48.5 Å². The number of ether oxygens (including phenoxy) is 2. The van der Waals surface area contributed by atoms with Gasteiger partial charge in [0.2, 0.25) is 0 Å². The summed E-state index contributed by atoms with van der Waals surface area (Å²) in [7, 11) is 1.56. The van der Waals surface area contributed by atoms with E-state index in [1.54, 1.807) is 31.4 Å². The molecule has 0 aliphatic rings. The third kappa shape index (κ3) is 5.52. The Hall–Kier alpha value is -3.55.